The Morgan fingerprint density at radius 1 is 1.12 bits per heavy atom. The van der Waals surface area contributed by atoms with Crippen molar-refractivity contribution in [2.45, 2.75) is 63.1 Å². The van der Waals surface area contributed by atoms with Crippen molar-refractivity contribution in [3.05, 3.63) is 54.1 Å². The Bertz CT molecular complexity index is 1210. The lowest BCUT2D eigenvalue weighted by Gasteiger charge is -2.28. The van der Waals surface area contributed by atoms with Crippen LogP contribution in [0.25, 0.3) is 0 Å². The van der Waals surface area contributed by atoms with Crippen molar-refractivity contribution in [3.8, 4) is 5.75 Å². The van der Waals surface area contributed by atoms with E-state index in [1.807, 2.05) is 45.2 Å². The highest BCUT2D eigenvalue weighted by atomic mass is 32.2. The number of amides is 5. The maximum absolute atomic E-state index is 13.5. The average molecular weight is 570 g/mol. The van der Waals surface area contributed by atoms with Crippen molar-refractivity contribution in [2.75, 3.05) is 25.2 Å². The third kappa shape index (κ3) is 8.90. The Morgan fingerprint density at radius 3 is 2.42 bits per heavy atom. The summed E-state index contributed by atoms with van der Waals surface area (Å²) < 4.78 is 5.17. The minimum absolute atomic E-state index is 0.172. The lowest BCUT2D eigenvalue weighted by Crippen LogP contribution is -2.53. The number of thioether (sulfide) groups is 1. The number of methoxy groups -OCH3 is 1. The fourth-order valence-corrected chi connectivity index (χ4v) is 5.02. The number of nitrogens with zero attached hydrogens (tertiary/aromatic N) is 1. The molecule has 10 nitrogen and oxygen atoms in total. The van der Waals surface area contributed by atoms with Crippen LogP contribution in [0.2, 0.25) is 0 Å². The number of carbonyl (C=O) groups is 4. The van der Waals surface area contributed by atoms with Crippen LogP contribution >= 0.6 is 11.8 Å². The quantitative estimate of drug-likeness (QED) is 0.324. The van der Waals surface area contributed by atoms with Crippen LogP contribution in [0.5, 0.6) is 5.75 Å². The summed E-state index contributed by atoms with van der Waals surface area (Å²) in [4.78, 5) is 54.2. The summed E-state index contributed by atoms with van der Waals surface area (Å²) in [7, 11) is 1.56. The molecule has 0 aliphatic carbocycles. The van der Waals surface area contributed by atoms with Gasteiger partial charge in [-0.05, 0) is 54.0 Å². The molecule has 5 N–H and O–H groups in total. The van der Waals surface area contributed by atoms with Crippen molar-refractivity contribution >= 4 is 41.2 Å². The highest BCUT2D eigenvalue weighted by Crippen LogP contribution is 2.26. The van der Waals surface area contributed by atoms with E-state index in [9.17, 15) is 19.2 Å². The van der Waals surface area contributed by atoms with Crippen molar-refractivity contribution in [1.29, 1.82) is 0 Å². The average Bonchev–Trinajstić information content (AvgIpc) is 3.31. The number of anilines is 1. The normalized spacial score (nSPS) is 17.6. The molecule has 3 rings (SSSR count). The van der Waals surface area contributed by atoms with Gasteiger partial charge in [0.05, 0.1) is 13.2 Å². The maximum atomic E-state index is 13.5. The van der Waals surface area contributed by atoms with E-state index in [1.165, 1.54) is 4.90 Å². The number of carbonyl (C=O) groups excluding carboxylic acids is 4. The third-order valence-electron chi connectivity index (χ3n) is 6.53. The highest BCUT2D eigenvalue weighted by molar-refractivity contribution is 7.98. The molecule has 1 aliphatic rings. The van der Waals surface area contributed by atoms with Gasteiger partial charge >= 0.3 is 6.03 Å². The number of nitrogens with two attached hydrogens (primary N) is 1. The van der Waals surface area contributed by atoms with Crippen LogP contribution in [0.1, 0.15) is 39.2 Å². The number of rotatable bonds is 10. The van der Waals surface area contributed by atoms with E-state index in [2.05, 4.69) is 16.0 Å². The highest BCUT2D eigenvalue weighted by Gasteiger charge is 2.41. The number of nitrogens with one attached hydrogen (secondary N) is 3. The first-order chi connectivity index (χ1) is 18.9. The van der Waals surface area contributed by atoms with E-state index < -0.39 is 36.0 Å². The van der Waals surface area contributed by atoms with Gasteiger partial charge in [-0.1, -0.05) is 39.0 Å². The topological polar surface area (TPSA) is 143 Å². The minimum Gasteiger partial charge on any atom is -0.497 e. The zero-order chi connectivity index (χ0) is 29.4. The largest absolute Gasteiger partial charge is 0.497 e. The van der Waals surface area contributed by atoms with Gasteiger partial charge < -0.3 is 31.3 Å². The molecule has 0 saturated carbocycles. The van der Waals surface area contributed by atoms with E-state index >= 15 is 0 Å². The lowest BCUT2D eigenvalue weighted by molar-refractivity contribution is -0.140. The molecular formula is C29H39N5O5S. The monoisotopic (exact) mass is 569 g/mol. The van der Waals surface area contributed by atoms with Gasteiger partial charge in [0, 0.05) is 30.0 Å². The standard InChI is InChI=1S/C29H39N5O5S/c1-29(2,3)16-25(35)34-17-20(32-28(38)31-19-7-6-8-22(14-19)40-5)15-24(34)27(37)33-23(26(30)36)13-18-9-11-21(39-4)12-10-18/h6-12,14,20,23-24H,13,15-17H2,1-5H3,(H2,30,36)(H,33,37)(H2,31,32,38)/t20-,23-,24-/m0/s1. The fourth-order valence-electron chi connectivity index (χ4n) is 4.56. The molecule has 40 heavy (non-hydrogen) atoms. The minimum atomic E-state index is -0.973. The Kier molecular flexibility index (Phi) is 10.4. The predicted molar refractivity (Wildman–Crippen MR) is 156 cm³/mol. The van der Waals surface area contributed by atoms with Crippen molar-refractivity contribution in [3.63, 3.8) is 0 Å². The van der Waals surface area contributed by atoms with Gasteiger partial charge in [-0.15, -0.1) is 11.8 Å². The summed E-state index contributed by atoms with van der Waals surface area (Å²) in [5.41, 5.74) is 6.76. The predicted octanol–water partition coefficient (Wildman–Crippen LogP) is 3.16. The van der Waals surface area contributed by atoms with E-state index in [-0.39, 0.29) is 37.1 Å². The number of ether oxygens (including phenoxy) is 1. The summed E-state index contributed by atoms with van der Waals surface area (Å²) >= 11 is 1.56. The Morgan fingerprint density at radius 2 is 1.82 bits per heavy atom. The number of hydrogen-bond acceptors (Lipinski definition) is 6. The second kappa shape index (κ2) is 13.6. The van der Waals surface area contributed by atoms with Crippen molar-refractivity contribution in [1.82, 2.24) is 15.5 Å². The molecule has 11 heteroatoms. The summed E-state index contributed by atoms with van der Waals surface area (Å²) in [6.07, 6.45) is 2.56. The Balaban J connectivity index is 1.72. The van der Waals surface area contributed by atoms with Crippen LogP contribution in [0.3, 0.4) is 0 Å². The van der Waals surface area contributed by atoms with Crippen LogP contribution in [-0.4, -0.2) is 66.7 Å². The first kappa shape index (κ1) is 30.8. The molecule has 3 atom stereocenters. The summed E-state index contributed by atoms with van der Waals surface area (Å²) in [5.74, 6) is -0.703. The van der Waals surface area contributed by atoms with Crippen LogP contribution < -0.4 is 26.4 Å². The molecule has 2 aromatic carbocycles. The summed E-state index contributed by atoms with van der Waals surface area (Å²) in [5, 5.41) is 8.45. The van der Waals surface area contributed by atoms with Gasteiger partial charge in [0.15, 0.2) is 0 Å². The molecule has 1 aliphatic heterocycles. The van der Waals surface area contributed by atoms with Crippen LogP contribution in [-0.2, 0) is 20.8 Å². The van der Waals surface area contributed by atoms with Crippen LogP contribution in [0, 0.1) is 5.41 Å². The summed E-state index contributed by atoms with van der Waals surface area (Å²) in [6, 6.07) is 11.8. The van der Waals surface area contributed by atoms with Crippen molar-refractivity contribution < 1.29 is 23.9 Å². The molecule has 216 valence electrons. The maximum Gasteiger partial charge on any atom is 0.319 e. The van der Waals surface area contributed by atoms with E-state index in [1.54, 1.807) is 49.2 Å². The van der Waals surface area contributed by atoms with Gasteiger partial charge in [-0.3, -0.25) is 14.4 Å². The number of benzene rings is 2. The van der Waals surface area contributed by atoms with Gasteiger partial charge in [0.25, 0.3) is 0 Å². The van der Waals surface area contributed by atoms with Crippen LogP contribution in [0.15, 0.2) is 53.4 Å². The number of primary amides is 1. The molecule has 1 heterocycles. The van der Waals surface area contributed by atoms with Gasteiger partial charge in [-0.2, -0.15) is 0 Å². The third-order valence-corrected chi connectivity index (χ3v) is 7.25. The first-order valence-electron chi connectivity index (χ1n) is 13.1. The van der Waals surface area contributed by atoms with Gasteiger partial charge in [0.2, 0.25) is 17.7 Å². The molecule has 0 radical (unpaired) electrons. The molecule has 1 fully saturated rings. The molecule has 0 bridgehead atoms. The van der Waals surface area contributed by atoms with Crippen molar-refractivity contribution in [2.24, 2.45) is 11.1 Å². The molecule has 0 aromatic heterocycles. The smallest absolute Gasteiger partial charge is 0.319 e. The first-order valence-corrected chi connectivity index (χ1v) is 14.3. The Hall–Kier alpha value is -3.73. The van der Waals surface area contributed by atoms with E-state index in [0.717, 1.165) is 10.5 Å². The Labute approximate surface area is 239 Å². The molecule has 5 amide bonds. The zero-order valence-corrected chi connectivity index (χ0v) is 24.5. The zero-order valence-electron chi connectivity index (χ0n) is 23.7. The fraction of sp³-hybridized carbons (Fsp3) is 0.448. The number of urea groups is 1. The number of likely N-dealkylation sites (tertiary alicyclic amines) is 1. The van der Waals surface area contributed by atoms with Crippen LogP contribution in [0.4, 0.5) is 10.5 Å². The molecule has 2 aromatic rings. The van der Waals surface area contributed by atoms with Gasteiger partial charge in [0.1, 0.15) is 17.8 Å². The number of hydrogen-bond donors (Lipinski definition) is 4. The second-order valence-electron chi connectivity index (χ2n) is 11.1. The molecule has 0 spiro atoms. The summed E-state index contributed by atoms with van der Waals surface area (Å²) in [6.45, 7) is 6.00. The SMILES string of the molecule is COc1ccc(C[C@H](NC(=O)[C@@H]2C[C@H](NC(=O)Nc3cccc(SC)c3)CN2C(=O)CC(C)(C)C)C(N)=O)cc1. The van der Waals surface area contributed by atoms with Gasteiger partial charge in [-0.25, -0.2) is 4.79 Å². The molecular weight excluding hydrogens is 530 g/mol. The second-order valence-corrected chi connectivity index (χ2v) is 12.0. The molecule has 1 saturated heterocycles. The van der Waals surface area contributed by atoms with E-state index in [4.69, 9.17) is 10.5 Å². The van der Waals surface area contributed by atoms with E-state index in [0.29, 0.717) is 11.4 Å². The molecule has 0 unspecified atom stereocenters. The lowest BCUT2D eigenvalue weighted by atomic mass is 9.91.